The predicted octanol–water partition coefficient (Wildman–Crippen LogP) is 4.84. The third kappa shape index (κ3) is 3.85. The minimum absolute atomic E-state index is 0.408. The molecule has 0 amide bonds. The van der Waals surface area contributed by atoms with Crippen molar-refractivity contribution in [1.29, 1.82) is 0 Å². The molecule has 17 heavy (non-hydrogen) atoms. The largest absolute Gasteiger partial charge is 0.249 e. The van der Waals surface area contributed by atoms with Crippen molar-refractivity contribution in [2.24, 2.45) is 0 Å². The molecule has 2 aromatic rings. The highest BCUT2D eigenvalue weighted by atomic mass is 79.9. The molecule has 0 saturated carbocycles. The molecule has 0 aliphatic carbocycles. The van der Waals surface area contributed by atoms with Crippen molar-refractivity contribution in [2.45, 2.75) is 10.8 Å². The van der Waals surface area contributed by atoms with E-state index < -0.39 is 0 Å². The monoisotopic (exact) mass is 348 g/mol. The Morgan fingerprint density at radius 1 is 1.18 bits per heavy atom. The maximum absolute atomic E-state index is 5.98. The molecule has 2 rings (SSSR count). The van der Waals surface area contributed by atoms with E-state index in [1.54, 1.807) is 24.0 Å². The van der Waals surface area contributed by atoms with E-state index in [-0.39, 0.29) is 0 Å². The molecule has 88 valence electrons. The third-order valence-electron chi connectivity index (χ3n) is 1.97. The summed E-state index contributed by atoms with van der Waals surface area (Å²) >= 11 is 16.7. The quantitative estimate of drug-likeness (QED) is 0.585. The van der Waals surface area contributed by atoms with Gasteiger partial charge in [0.2, 0.25) is 0 Å². The van der Waals surface area contributed by atoms with Crippen LogP contribution in [0.4, 0.5) is 0 Å². The highest BCUT2D eigenvalue weighted by Crippen LogP contribution is 2.26. The molecule has 0 N–H and O–H groups in total. The van der Waals surface area contributed by atoms with Gasteiger partial charge in [0.05, 0.1) is 5.03 Å². The van der Waals surface area contributed by atoms with Gasteiger partial charge < -0.3 is 0 Å². The standard InChI is InChI=1S/C11H7BrCl2N2S/c12-8-2-4-10(15-5-8)17-6-7-1-3-9(13)16-11(7)14/h1-5H,6H2. The molecule has 0 unspecified atom stereocenters. The lowest BCUT2D eigenvalue weighted by Gasteiger charge is -2.03. The Balaban J connectivity index is 2.04. The van der Waals surface area contributed by atoms with Gasteiger partial charge in [0.25, 0.3) is 0 Å². The van der Waals surface area contributed by atoms with Crippen molar-refractivity contribution in [3.8, 4) is 0 Å². The summed E-state index contributed by atoms with van der Waals surface area (Å²) in [5.74, 6) is 0.720. The van der Waals surface area contributed by atoms with Crippen LogP contribution in [0.3, 0.4) is 0 Å². The number of pyridine rings is 2. The summed E-state index contributed by atoms with van der Waals surface area (Å²) in [6.45, 7) is 0. The first-order valence-electron chi connectivity index (χ1n) is 4.70. The van der Waals surface area contributed by atoms with E-state index in [0.29, 0.717) is 10.3 Å². The van der Waals surface area contributed by atoms with Crippen molar-refractivity contribution < 1.29 is 0 Å². The van der Waals surface area contributed by atoms with Gasteiger partial charge in [-0.1, -0.05) is 29.3 Å². The Kier molecular flexibility index (Phi) is 4.68. The fraction of sp³-hybridized carbons (Fsp3) is 0.0909. The molecule has 0 saturated heterocycles. The van der Waals surface area contributed by atoms with Crippen LogP contribution in [0.2, 0.25) is 10.3 Å². The van der Waals surface area contributed by atoms with Gasteiger partial charge in [0.1, 0.15) is 10.3 Å². The smallest absolute Gasteiger partial charge is 0.134 e. The lowest BCUT2D eigenvalue weighted by atomic mass is 10.3. The van der Waals surface area contributed by atoms with E-state index in [0.717, 1.165) is 20.8 Å². The molecule has 0 fully saturated rings. The molecule has 0 aliphatic rings. The highest BCUT2D eigenvalue weighted by Gasteiger charge is 2.04. The zero-order valence-electron chi connectivity index (χ0n) is 8.53. The predicted molar refractivity (Wildman–Crippen MR) is 75.8 cm³/mol. The molecular formula is C11H7BrCl2N2S. The average Bonchev–Trinajstić information content (AvgIpc) is 2.30. The summed E-state index contributed by atoms with van der Waals surface area (Å²) in [7, 11) is 0. The summed E-state index contributed by atoms with van der Waals surface area (Å²) in [4.78, 5) is 8.26. The first kappa shape index (κ1) is 13.1. The summed E-state index contributed by atoms with van der Waals surface area (Å²) in [5, 5.41) is 1.80. The van der Waals surface area contributed by atoms with Gasteiger partial charge in [-0.15, -0.1) is 11.8 Å². The normalized spacial score (nSPS) is 10.5. The number of hydrogen-bond donors (Lipinski definition) is 0. The molecule has 2 heterocycles. The first-order valence-corrected chi connectivity index (χ1v) is 7.24. The first-order chi connectivity index (χ1) is 8.15. The fourth-order valence-electron chi connectivity index (χ4n) is 1.15. The number of hydrogen-bond acceptors (Lipinski definition) is 3. The van der Waals surface area contributed by atoms with Gasteiger partial charge in [0, 0.05) is 16.4 Å². The molecule has 6 heteroatoms. The molecule has 2 aromatic heterocycles. The Morgan fingerprint density at radius 3 is 2.65 bits per heavy atom. The second-order valence-corrected chi connectivity index (χ2v) is 5.84. The number of aromatic nitrogens is 2. The second kappa shape index (κ2) is 6.05. The Labute approximate surface area is 122 Å². The lowest BCUT2D eigenvalue weighted by molar-refractivity contribution is 1.12. The maximum atomic E-state index is 5.98. The Bertz CT molecular complexity index is 519. The molecular weight excluding hydrogens is 343 g/mol. The van der Waals surface area contributed by atoms with Crippen molar-refractivity contribution in [3.05, 3.63) is 50.8 Å². The van der Waals surface area contributed by atoms with Gasteiger partial charge in [0.15, 0.2) is 0 Å². The van der Waals surface area contributed by atoms with E-state index in [1.165, 1.54) is 0 Å². The number of halogens is 3. The van der Waals surface area contributed by atoms with Crippen molar-refractivity contribution >= 4 is 50.9 Å². The van der Waals surface area contributed by atoms with Gasteiger partial charge in [-0.3, -0.25) is 0 Å². The van der Waals surface area contributed by atoms with E-state index in [2.05, 4.69) is 25.9 Å². The van der Waals surface area contributed by atoms with Crippen LogP contribution in [0.25, 0.3) is 0 Å². The molecule has 0 bridgehead atoms. The summed E-state index contributed by atoms with van der Waals surface area (Å²) in [5.41, 5.74) is 0.950. The van der Waals surface area contributed by atoms with Crippen molar-refractivity contribution in [2.75, 3.05) is 0 Å². The number of rotatable bonds is 3. The van der Waals surface area contributed by atoms with Crippen LogP contribution in [0.1, 0.15) is 5.56 Å². The number of thioether (sulfide) groups is 1. The van der Waals surface area contributed by atoms with E-state index >= 15 is 0 Å². The van der Waals surface area contributed by atoms with E-state index in [1.807, 2.05) is 18.2 Å². The third-order valence-corrected chi connectivity index (χ3v) is 3.97. The van der Waals surface area contributed by atoms with Crippen LogP contribution in [-0.2, 0) is 5.75 Å². The Morgan fingerprint density at radius 2 is 2.00 bits per heavy atom. The van der Waals surface area contributed by atoms with E-state index in [9.17, 15) is 0 Å². The van der Waals surface area contributed by atoms with Crippen LogP contribution < -0.4 is 0 Å². The van der Waals surface area contributed by atoms with E-state index in [4.69, 9.17) is 23.2 Å². The highest BCUT2D eigenvalue weighted by molar-refractivity contribution is 9.10. The molecule has 0 spiro atoms. The van der Waals surface area contributed by atoms with Crippen LogP contribution in [0, 0.1) is 0 Å². The molecule has 0 radical (unpaired) electrons. The number of nitrogens with zero attached hydrogens (tertiary/aromatic N) is 2. The molecule has 0 atom stereocenters. The fourth-order valence-corrected chi connectivity index (χ4v) is 2.70. The molecule has 0 aromatic carbocycles. The zero-order valence-corrected chi connectivity index (χ0v) is 12.4. The van der Waals surface area contributed by atoms with Gasteiger partial charge >= 0.3 is 0 Å². The Hall–Kier alpha value is -0.290. The summed E-state index contributed by atoms with van der Waals surface area (Å²) in [6.07, 6.45) is 1.77. The van der Waals surface area contributed by atoms with Crippen LogP contribution >= 0.6 is 50.9 Å². The second-order valence-electron chi connectivity index (χ2n) is 3.19. The minimum Gasteiger partial charge on any atom is -0.249 e. The van der Waals surface area contributed by atoms with Gasteiger partial charge in [-0.25, -0.2) is 9.97 Å². The lowest BCUT2D eigenvalue weighted by Crippen LogP contribution is -1.87. The van der Waals surface area contributed by atoms with Crippen molar-refractivity contribution in [3.63, 3.8) is 0 Å². The van der Waals surface area contributed by atoms with Crippen molar-refractivity contribution in [1.82, 2.24) is 9.97 Å². The summed E-state index contributed by atoms with van der Waals surface area (Å²) < 4.78 is 0.966. The minimum atomic E-state index is 0.408. The molecule has 0 aliphatic heterocycles. The van der Waals surface area contributed by atoms with Gasteiger partial charge in [-0.05, 0) is 39.7 Å². The topological polar surface area (TPSA) is 25.8 Å². The van der Waals surface area contributed by atoms with Crippen LogP contribution in [0.5, 0.6) is 0 Å². The van der Waals surface area contributed by atoms with Gasteiger partial charge in [-0.2, -0.15) is 0 Å². The SMILES string of the molecule is Clc1ccc(CSc2ccc(Br)cn2)c(Cl)n1. The maximum Gasteiger partial charge on any atom is 0.134 e. The zero-order chi connectivity index (χ0) is 12.3. The summed E-state index contributed by atoms with van der Waals surface area (Å²) in [6, 6.07) is 7.52. The van der Waals surface area contributed by atoms with Crippen LogP contribution in [0.15, 0.2) is 40.0 Å². The average molecular weight is 350 g/mol. The molecule has 2 nitrogen and oxygen atoms in total. The van der Waals surface area contributed by atoms with Crippen LogP contribution in [-0.4, -0.2) is 9.97 Å².